The van der Waals surface area contributed by atoms with Gasteiger partial charge in [0, 0.05) is 53.9 Å². The van der Waals surface area contributed by atoms with E-state index < -0.39 is 12.0 Å². The van der Waals surface area contributed by atoms with Crippen molar-refractivity contribution in [1.29, 1.82) is 0 Å². The summed E-state index contributed by atoms with van der Waals surface area (Å²) >= 11 is 0. The fourth-order valence-corrected chi connectivity index (χ4v) is 4.89. The molecule has 1 aromatic heterocycles. The molecule has 0 aliphatic carbocycles. The number of aromatic nitrogens is 1. The Labute approximate surface area is 198 Å². The van der Waals surface area contributed by atoms with Gasteiger partial charge < -0.3 is 15.0 Å². The molecule has 6 nitrogen and oxygen atoms in total. The van der Waals surface area contributed by atoms with Crippen molar-refractivity contribution in [3.8, 4) is 11.3 Å². The number of Topliss-reactive ketones (excluding diaryl/α,β-unsaturated/α-hetero) is 1. The molecule has 0 unspecified atom stereocenters. The van der Waals surface area contributed by atoms with Crippen LogP contribution in [0.3, 0.4) is 0 Å². The summed E-state index contributed by atoms with van der Waals surface area (Å²) in [6, 6.07) is 24.7. The molecule has 0 amide bonds. The van der Waals surface area contributed by atoms with E-state index in [0.29, 0.717) is 31.7 Å². The van der Waals surface area contributed by atoms with Crippen molar-refractivity contribution in [3.63, 3.8) is 0 Å². The van der Waals surface area contributed by atoms with Gasteiger partial charge in [-0.3, -0.25) is 14.5 Å². The molecule has 1 aliphatic rings. The van der Waals surface area contributed by atoms with Crippen molar-refractivity contribution >= 4 is 28.3 Å². The fraction of sp³-hybridized carbons (Fsp3) is 0.214. The lowest BCUT2D eigenvalue weighted by Gasteiger charge is -2.39. The third-order valence-corrected chi connectivity index (χ3v) is 6.63. The Morgan fingerprint density at radius 2 is 1.50 bits per heavy atom. The van der Waals surface area contributed by atoms with E-state index in [1.165, 1.54) is 0 Å². The van der Waals surface area contributed by atoms with E-state index in [2.05, 4.69) is 14.8 Å². The van der Waals surface area contributed by atoms with Crippen LogP contribution in [0, 0.1) is 0 Å². The smallest absolute Gasteiger partial charge is 0.325 e. The highest BCUT2D eigenvalue weighted by Gasteiger charge is 2.34. The zero-order chi connectivity index (χ0) is 23.7. The minimum Gasteiger partial charge on any atom is -0.480 e. The summed E-state index contributed by atoms with van der Waals surface area (Å²) < 4.78 is 0. The first-order valence-corrected chi connectivity index (χ1v) is 11.5. The number of benzene rings is 3. The number of carboxylic acid groups (broad SMARTS) is 1. The van der Waals surface area contributed by atoms with Crippen LogP contribution in [0.5, 0.6) is 0 Å². The number of rotatable bonds is 6. The van der Waals surface area contributed by atoms with Crippen molar-refractivity contribution in [2.24, 2.45) is 0 Å². The fourth-order valence-electron chi connectivity index (χ4n) is 4.89. The Kier molecular flexibility index (Phi) is 5.90. The molecule has 1 atom stereocenters. The topological polar surface area (TPSA) is 76.6 Å². The van der Waals surface area contributed by atoms with Gasteiger partial charge in [0.25, 0.3) is 0 Å². The average Bonchev–Trinajstić information content (AvgIpc) is 3.24. The van der Waals surface area contributed by atoms with Crippen LogP contribution < -0.4 is 4.90 Å². The summed E-state index contributed by atoms with van der Waals surface area (Å²) in [5.74, 6) is -0.796. The maximum atomic E-state index is 12.7. The molecule has 1 fully saturated rings. The maximum absolute atomic E-state index is 12.7. The number of para-hydroxylation sites is 1. The number of piperazine rings is 1. The van der Waals surface area contributed by atoms with Crippen LogP contribution in [0.15, 0.2) is 78.9 Å². The number of aromatic amines is 1. The highest BCUT2D eigenvalue weighted by atomic mass is 16.4. The minimum absolute atomic E-state index is 0.0496. The molecule has 2 N–H and O–H groups in total. The number of anilines is 1. The molecule has 172 valence electrons. The van der Waals surface area contributed by atoms with Gasteiger partial charge in [0.2, 0.25) is 0 Å². The van der Waals surface area contributed by atoms with Crippen LogP contribution in [0.4, 0.5) is 5.69 Å². The Hall–Kier alpha value is -3.90. The second-order valence-electron chi connectivity index (χ2n) is 8.69. The van der Waals surface area contributed by atoms with Crippen LogP contribution in [0.2, 0.25) is 0 Å². The molecular formula is C28H27N3O3. The molecule has 0 spiro atoms. The number of nitrogens with one attached hydrogen (secondary N) is 1. The van der Waals surface area contributed by atoms with E-state index >= 15 is 0 Å². The van der Waals surface area contributed by atoms with Gasteiger partial charge in [-0.15, -0.1) is 0 Å². The predicted molar refractivity (Wildman–Crippen MR) is 134 cm³/mol. The molecule has 0 bridgehead atoms. The molecule has 6 heteroatoms. The number of carboxylic acids is 1. The molecular weight excluding hydrogens is 426 g/mol. The Morgan fingerprint density at radius 3 is 2.15 bits per heavy atom. The largest absolute Gasteiger partial charge is 0.480 e. The highest BCUT2D eigenvalue weighted by molar-refractivity contribution is 5.96. The van der Waals surface area contributed by atoms with Gasteiger partial charge in [-0.05, 0) is 42.8 Å². The summed E-state index contributed by atoms with van der Waals surface area (Å²) in [6.07, 6.45) is 0. The summed E-state index contributed by atoms with van der Waals surface area (Å²) in [6.45, 7) is 4.24. The number of fused-ring (bicyclic) bond motifs is 1. The monoisotopic (exact) mass is 453 g/mol. The van der Waals surface area contributed by atoms with Crippen molar-refractivity contribution < 1.29 is 14.7 Å². The molecule has 5 rings (SSSR count). The third kappa shape index (κ3) is 4.08. The Bertz CT molecular complexity index is 1320. The summed E-state index contributed by atoms with van der Waals surface area (Å²) in [4.78, 5) is 32.0. The van der Waals surface area contributed by atoms with Crippen molar-refractivity contribution in [1.82, 2.24) is 9.88 Å². The molecule has 2 heterocycles. The van der Waals surface area contributed by atoms with Crippen molar-refractivity contribution in [3.05, 3.63) is 90.0 Å². The zero-order valence-electron chi connectivity index (χ0n) is 19.1. The molecule has 0 saturated carbocycles. The van der Waals surface area contributed by atoms with Gasteiger partial charge in [-0.2, -0.15) is 0 Å². The first-order valence-electron chi connectivity index (χ1n) is 11.5. The molecule has 3 aromatic carbocycles. The lowest BCUT2D eigenvalue weighted by molar-refractivity contribution is -0.143. The number of hydrogen-bond acceptors (Lipinski definition) is 4. The predicted octanol–water partition coefficient (Wildman–Crippen LogP) is 4.99. The van der Waals surface area contributed by atoms with E-state index in [4.69, 9.17) is 0 Å². The van der Waals surface area contributed by atoms with E-state index in [0.717, 1.165) is 33.4 Å². The first-order chi connectivity index (χ1) is 16.5. The number of aliphatic carboxylic acids is 1. The Balaban J connectivity index is 1.46. The lowest BCUT2D eigenvalue weighted by atomic mass is 9.97. The van der Waals surface area contributed by atoms with Crippen molar-refractivity contribution in [2.45, 2.75) is 13.0 Å². The quantitative estimate of drug-likeness (QED) is 0.403. The number of carbonyl (C=O) groups excluding carboxylic acids is 1. The maximum Gasteiger partial charge on any atom is 0.325 e. The van der Waals surface area contributed by atoms with Gasteiger partial charge >= 0.3 is 5.97 Å². The third-order valence-electron chi connectivity index (χ3n) is 6.63. The van der Waals surface area contributed by atoms with E-state index in [1.54, 1.807) is 6.92 Å². The standard InChI is InChI=1S/C28H27N3O3/c1-19(32)20-11-13-22(14-12-20)30-15-17-31(18-16-30)27(28(33)34)25-23-9-5-6-10-24(23)29-26(25)21-7-3-2-4-8-21/h2-14,27,29H,15-18H2,1H3,(H,33,34)/t27-/m1/s1. The highest BCUT2D eigenvalue weighted by Crippen LogP contribution is 2.38. The second kappa shape index (κ2) is 9.15. The Morgan fingerprint density at radius 1 is 0.853 bits per heavy atom. The molecule has 34 heavy (non-hydrogen) atoms. The van der Waals surface area contributed by atoms with Gasteiger partial charge in [-0.1, -0.05) is 48.5 Å². The number of H-pyrrole nitrogens is 1. The van der Waals surface area contributed by atoms with Crippen LogP contribution in [0.25, 0.3) is 22.2 Å². The van der Waals surface area contributed by atoms with Gasteiger partial charge in [0.1, 0.15) is 6.04 Å². The van der Waals surface area contributed by atoms with Crippen molar-refractivity contribution in [2.75, 3.05) is 31.1 Å². The van der Waals surface area contributed by atoms with E-state index in [9.17, 15) is 14.7 Å². The van der Waals surface area contributed by atoms with Gasteiger partial charge in [0.15, 0.2) is 5.78 Å². The minimum atomic E-state index is -0.846. The summed E-state index contributed by atoms with van der Waals surface area (Å²) in [5, 5.41) is 11.3. The summed E-state index contributed by atoms with van der Waals surface area (Å²) in [5.41, 5.74) is 5.33. The average molecular weight is 454 g/mol. The first kappa shape index (κ1) is 21.9. The number of nitrogens with zero attached hydrogens (tertiary/aromatic N) is 2. The van der Waals surface area contributed by atoms with Crippen LogP contribution in [0.1, 0.15) is 28.9 Å². The molecule has 0 radical (unpaired) electrons. The summed E-state index contributed by atoms with van der Waals surface area (Å²) in [7, 11) is 0. The normalized spacial score (nSPS) is 15.4. The van der Waals surface area contributed by atoms with Gasteiger partial charge in [0.05, 0.1) is 5.69 Å². The van der Waals surface area contributed by atoms with E-state index in [-0.39, 0.29) is 5.78 Å². The van der Waals surface area contributed by atoms with E-state index in [1.807, 2.05) is 78.9 Å². The number of ketones is 1. The molecule has 1 saturated heterocycles. The van der Waals surface area contributed by atoms with Crippen LogP contribution >= 0.6 is 0 Å². The van der Waals surface area contributed by atoms with Gasteiger partial charge in [-0.25, -0.2) is 0 Å². The van der Waals surface area contributed by atoms with Crippen LogP contribution in [-0.2, 0) is 4.79 Å². The van der Waals surface area contributed by atoms with Crippen LogP contribution in [-0.4, -0.2) is 52.9 Å². The number of carbonyl (C=O) groups is 2. The second-order valence-corrected chi connectivity index (χ2v) is 8.69. The number of hydrogen-bond donors (Lipinski definition) is 2. The molecule has 1 aliphatic heterocycles. The zero-order valence-corrected chi connectivity index (χ0v) is 19.1. The lowest BCUT2D eigenvalue weighted by Crippen LogP contribution is -2.49. The molecule has 4 aromatic rings. The SMILES string of the molecule is CC(=O)c1ccc(N2CCN([C@@H](C(=O)O)c3c(-c4ccccc4)[nH]c4ccccc34)CC2)cc1.